The molecule has 0 N–H and O–H groups in total. The van der Waals surface area contributed by atoms with E-state index in [1.165, 1.54) is 5.56 Å². The number of hydrogen-bond donors (Lipinski definition) is 0. The Morgan fingerprint density at radius 3 is 2.22 bits per heavy atom. The smallest absolute Gasteiger partial charge is 0.150 e. The summed E-state index contributed by atoms with van der Waals surface area (Å²) in [4.78, 5) is 11.2. The standard InChI is InChI=1S/C20H14BrNO/c1-13-2-6-16(7-3-13)22-19-8-4-14(12-23)10-17(19)18-11-15(21)5-9-20(18)22/h2-12H,1H3. The predicted octanol–water partition coefficient (Wildman–Crippen LogP) is 5.67. The molecule has 0 fully saturated rings. The van der Waals surface area contributed by atoms with Crippen LogP contribution in [-0.4, -0.2) is 10.9 Å². The number of nitrogens with zero attached hydrogens (tertiary/aromatic N) is 1. The molecule has 4 rings (SSSR count). The van der Waals surface area contributed by atoms with Crippen LogP contribution in [0.15, 0.2) is 65.1 Å². The molecule has 0 aliphatic carbocycles. The van der Waals surface area contributed by atoms with Crippen molar-refractivity contribution < 1.29 is 4.79 Å². The number of halogens is 1. The van der Waals surface area contributed by atoms with Crippen LogP contribution in [0.4, 0.5) is 0 Å². The first-order valence-corrected chi connectivity index (χ1v) is 8.22. The van der Waals surface area contributed by atoms with Crippen LogP contribution in [0.25, 0.3) is 27.5 Å². The van der Waals surface area contributed by atoms with Gasteiger partial charge in [-0.25, -0.2) is 0 Å². The number of aldehydes is 1. The summed E-state index contributed by atoms with van der Waals surface area (Å²) in [6, 6.07) is 20.6. The second-order valence-electron chi connectivity index (χ2n) is 5.73. The van der Waals surface area contributed by atoms with Gasteiger partial charge in [0, 0.05) is 26.5 Å². The van der Waals surface area contributed by atoms with Crippen molar-refractivity contribution in [3.8, 4) is 5.69 Å². The fourth-order valence-corrected chi connectivity index (χ4v) is 3.42. The van der Waals surface area contributed by atoms with E-state index in [-0.39, 0.29) is 0 Å². The molecule has 0 bridgehead atoms. The van der Waals surface area contributed by atoms with E-state index in [0.717, 1.165) is 38.3 Å². The van der Waals surface area contributed by atoms with Crippen LogP contribution in [-0.2, 0) is 0 Å². The molecule has 0 aliphatic heterocycles. The fourth-order valence-electron chi connectivity index (χ4n) is 3.06. The van der Waals surface area contributed by atoms with Crippen molar-refractivity contribution in [1.29, 1.82) is 0 Å². The highest BCUT2D eigenvalue weighted by Crippen LogP contribution is 2.34. The second kappa shape index (κ2) is 5.36. The monoisotopic (exact) mass is 363 g/mol. The Hall–Kier alpha value is -2.39. The highest BCUT2D eigenvalue weighted by molar-refractivity contribution is 9.10. The quantitative estimate of drug-likeness (QED) is 0.420. The number of aryl methyl sites for hydroxylation is 1. The zero-order valence-corrected chi connectivity index (χ0v) is 14.2. The van der Waals surface area contributed by atoms with Crippen molar-refractivity contribution in [3.63, 3.8) is 0 Å². The summed E-state index contributed by atoms with van der Waals surface area (Å²) >= 11 is 3.55. The predicted molar refractivity (Wildman–Crippen MR) is 98.6 cm³/mol. The largest absolute Gasteiger partial charge is 0.309 e. The molecule has 0 amide bonds. The summed E-state index contributed by atoms with van der Waals surface area (Å²) in [5.41, 5.74) is 5.29. The number of aromatic nitrogens is 1. The van der Waals surface area contributed by atoms with E-state index in [1.54, 1.807) is 0 Å². The van der Waals surface area contributed by atoms with Gasteiger partial charge in [0.1, 0.15) is 6.29 Å². The number of carbonyl (C=O) groups excluding carboxylic acids is 1. The van der Waals surface area contributed by atoms with Crippen LogP contribution in [0.1, 0.15) is 15.9 Å². The van der Waals surface area contributed by atoms with E-state index < -0.39 is 0 Å². The van der Waals surface area contributed by atoms with Crippen molar-refractivity contribution in [1.82, 2.24) is 4.57 Å². The molecule has 2 nitrogen and oxygen atoms in total. The Kier molecular flexibility index (Phi) is 3.31. The number of hydrogen-bond acceptors (Lipinski definition) is 1. The fraction of sp³-hybridized carbons (Fsp3) is 0.0500. The van der Waals surface area contributed by atoms with Gasteiger partial charge in [-0.3, -0.25) is 4.79 Å². The lowest BCUT2D eigenvalue weighted by atomic mass is 10.1. The third kappa shape index (κ3) is 2.28. The highest BCUT2D eigenvalue weighted by Gasteiger charge is 2.13. The van der Waals surface area contributed by atoms with Gasteiger partial charge in [-0.2, -0.15) is 0 Å². The zero-order chi connectivity index (χ0) is 16.0. The maximum atomic E-state index is 11.2. The van der Waals surface area contributed by atoms with Crippen LogP contribution >= 0.6 is 15.9 Å². The Morgan fingerprint density at radius 2 is 1.52 bits per heavy atom. The first kappa shape index (κ1) is 14.2. The molecule has 0 atom stereocenters. The SMILES string of the molecule is Cc1ccc(-n2c3ccc(Br)cc3c3cc(C=O)ccc32)cc1. The summed E-state index contributed by atoms with van der Waals surface area (Å²) in [6.45, 7) is 2.09. The van der Waals surface area contributed by atoms with Gasteiger partial charge in [0.25, 0.3) is 0 Å². The van der Waals surface area contributed by atoms with Crippen LogP contribution in [0.3, 0.4) is 0 Å². The third-order valence-corrected chi connectivity index (χ3v) is 4.67. The van der Waals surface area contributed by atoms with Crippen molar-refractivity contribution >= 4 is 44.0 Å². The van der Waals surface area contributed by atoms with Gasteiger partial charge in [0.2, 0.25) is 0 Å². The number of benzene rings is 3. The first-order valence-electron chi connectivity index (χ1n) is 7.43. The van der Waals surface area contributed by atoms with Crippen molar-refractivity contribution in [3.05, 3.63) is 76.3 Å². The minimum Gasteiger partial charge on any atom is -0.309 e. The van der Waals surface area contributed by atoms with E-state index in [1.807, 2.05) is 24.3 Å². The van der Waals surface area contributed by atoms with E-state index in [2.05, 4.69) is 63.8 Å². The Morgan fingerprint density at radius 1 is 0.870 bits per heavy atom. The summed E-state index contributed by atoms with van der Waals surface area (Å²) in [5, 5.41) is 2.23. The average Bonchev–Trinajstić information content (AvgIpc) is 2.88. The Balaban J connectivity index is 2.16. The van der Waals surface area contributed by atoms with Gasteiger partial charge in [-0.1, -0.05) is 33.6 Å². The minimum atomic E-state index is 0.695. The minimum absolute atomic E-state index is 0.695. The summed E-state index contributed by atoms with van der Waals surface area (Å²) in [6.07, 6.45) is 0.895. The molecule has 0 spiro atoms. The maximum Gasteiger partial charge on any atom is 0.150 e. The molecule has 0 aliphatic rings. The summed E-state index contributed by atoms with van der Waals surface area (Å²) in [5.74, 6) is 0. The van der Waals surface area contributed by atoms with Crippen molar-refractivity contribution in [2.45, 2.75) is 6.92 Å². The van der Waals surface area contributed by atoms with Gasteiger partial charge in [-0.05, 0) is 55.5 Å². The molecule has 0 radical (unpaired) electrons. The first-order chi connectivity index (χ1) is 11.2. The summed E-state index contributed by atoms with van der Waals surface area (Å²) in [7, 11) is 0. The van der Waals surface area contributed by atoms with Crippen LogP contribution in [0.2, 0.25) is 0 Å². The molecule has 0 saturated heterocycles. The van der Waals surface area contributed by atoms with E-state index in [4.69, 9.17) is 0 Å². The zero-order valence-electron chi connectivity index (χ0n) is 12.6. The average molecular weight is 364 g/mol. The molecular formula is C20H14BrNO. The molecule has 23 heavy (non-hydrogen) atoms. The Labute approximate surface area is 142 Å². The normalized spacial score (nSPS) is 11.2. The van der Waals surface area contributed by atoms with Gasteiger partial charge in [0.05, 0.1) is 11.0 Å². The molecule has 4 aromatic rings. The Bertz CT molecular complexity index is 1040. The number of carbonyl (C=O) groups is 1. The maximum absolute atomic E-state index is 11.2. The lowest BCUT2D eigenvalue weighted by Gasteiger charge is -2.08. The molecule has 0 unspecified atom stereocenters. The second-order valence-corrected chi connectivity index (χ2v) is 6.64. The van der Waals surface area contributed by atoms with Crippen LogP contribution in [0, 0.1) is 6.92 Å². The molecule has 3 aromatic carbocycles. The van der Waals surface area contributed by atoms with Gasteiger partial charge in [0.15, 0.2) is 0 Å². The number of fused-ring (bicyclic) bond motifs is 3. The lowest BCUT2D eigenvalue weighted by Crippen LogP contribution is -1.93. The highest BCUT2D eigenvalue weighted by atomic mass is 79.9. The third-order valence-electron chi connectivity index (χ3n) is 4.18. The van der Waals surface area contributed by atoms with Gasteiger partial charge in [-0.15, -0.1) is 0 Å². The molecule has 0 saturated carbocycles. The van der Waals surface area contributed by atoms with E-state index in [0.29, 0.717) is 5.56 Å². The van der Waals surface area contributed by atoms with Gasteiger partial charge < -0.3 is 4.57 Å². The van der Waals surface area contributed by atoms with E-state index >= 15 is 0 Å². The molecule has 3 heteroatoms. The topological polar surface area (TPSA) is 22.0 Å². The van der Waals surface area contributed by atoms with Crippen LogP contribution in [0.5, 0.6) is 0 Å². The summed E-state index contributed by atoms with van der Waals surface area (Å²) < 4.78 is 3.27. The molecule has 112 valence electrons. The van der Waals surface area contributed by atoms with Crippen LogP contribution < -0.4 is 0 Å². The lowest BCUT2D eigenvalue weighted by molar-refractivity contribution is 0.112. The molecule has 1 heterocycles. The number of rotatable bonds is 2. The van der Waals surface area contributed by atoms with Crippen molar-refractivity contribution in [2.24, 2.45) is 0 Å². The molecule has 1 aromatic heterocycles. The molecular weight excluding hydrogens is 350 g/mol. The van der Waals surface area contributed by atoms with E-state index in [9.17, 15) is 4.79 Å². The van der Waals surface area contributed by atoms with Crippen molar-refractivity contribution in [2.75, 3.05) is 0 Å². The van der Waals surface area contributed by atoms with Gasteiger partial charge >= 0.3 is 0 Å².